The molecule has 0 unspecified atom stereocenters. The first-order chi connectivity index (χ1) is 8.60. The van der Waals surface area contributed by atoms with Crippen molar-refractivity contribution in [2.75, 3.05) is 18.4 Å². The number of hydrogen-bond donors (Lipinski definition) is 2. The summed E-state index contributed by atoms with van der Waals surface area (Å²) in [5.41, 5.74) is 7.47. The quantitative estimate of drug-likeness (QED) is 0.839. The van der Waals surface area contributed by atoms with Crippen LogP contribution in [0.2, 0.25) is 0 Å². The van der Waals surface area contributed by atoms with Crippen molar-refractivity contribution < 1.29 is 4.79 Å². The number of carbonyl (C=O) groups excluding carboxylic acids is 1. The monoisotopic (exact) mass is 251 g/mol. The van der Waals surface area contributed by atoms with Crippen molar-refractivity contribution in [1.82, 2.24) is 14.7 Å². The highest BCUT2D eigenvalue weighted by atomic mass is 16.2. The fourth-order valence-corrected chi connectivity index (χ4v) is 2.38. The minimum atomic E-state index is -0.316. The van der Waals surface area contributed by atoms with Crippen LogP contribution in [0.25, 0.3) is 0 Å². The number of hydrogen-bond acceptors (Lipinski definition) is 3. The Morgan fingerprint density at radius 2 is 2.22 bits per heavy atom. The lowest BCUT2D eigenvalue weighted by atomic mass is 10.0. The van der Waals surface area contributed by atoms with Gasteiger partial charge in [-0.2, -0.15) is 5.10 Å². The van der Waals surface area contributed by atoms with Crippen molar-refractivity contribution in [2.24, 2.45) is 12.8 Å². The van der Waals surface area contributed by atoms with Crippen LogP contribution in [0.15, 0.2) is 6.20 Å². The van der Waals surface area contributed by atoms with E-state index in [-0.39, 0.29) is 6.03 Å². The molecule has 100 valence electrons. The number of likely N-dealkylation sites (tertiary alicyclic amines) is 1. The average molecular weight is 251 g/mol. The number of nitrogens with one attached hydrogen (secondary N) is 1. The highest BCUT2D eigenvalue weighted by Crippen LogP contribution is 2.19. The van der Waals surface area contributed by atoms with E-state index in [9.17, 15) is 4.79 Å². The molecule has 0 spiro atoms. The highest BCUT2D eigenvalue weighted by molar-refractivity contribution is 5.72. The number of piperidine rings is 1. The smallest absolute Gasteiger partial charge is 0.314 e. The van der Waals surface area contributed by atoms with E-state index in [0.29, 0.717) is 6.04 Å². The summed E-state index contributed by atoms with van der Waals surface area (Å²) in [4.78, 5) is 12.7. The maximum atomic E-state index is 11.0. The van der Waals surface area contributed by atoms with Crippen LogP contribution in [-0.4, -0.2) is 39.8 Å². The van der Waals surface area contributed by atoms with Crippen LogP contribution < -0.4 is 11.1 Å². The molecule has 0 atom stereocenters. The van der Waals surface area contributed by atoms with Crippen LogP contribution in [0.5, 0.6) is 0 Å². The molecule has 1 fully saturated rings. The van der Waals surface area contributed by atoms with Gasteiger partial charge in [-0.1, -0.05) is 6.92 Å². The van der Waals surface area contributed by atoms with Gasteiger partial charge in [-0.25, -0.2) is 4.79 Å². The predicted molar refractivity (Wildman–Crippen MR) is 70.4 cm³/mol. The summed E-state index contributed by atoms with van der Waals surface area (Å²) < 4.78 is 1.83. The van der Waals surface area contributed by atoms with E-state index in [1.54, 1.807) is 4.90 Å². The molecule has 0 aliphatic carbocycles. The molecular formula is C12H21N5O. The Kier molecular flexibility index (Phi) is 3.74. The number of anilines is 1. The standard InChI is InChI=1S/C12H21N5O/c1-3-10-11(8-16(2)15-10)14-9-4-6-17(7-5-9)12(13)18/h8-9,14H,3-7H2,1-2H3,(H2,13,18). The number of urea groups is 1. The Hall–Kier alpha value is -1.72. The van der Waals surface area contributed by atoms with Crippen LogP contribution >= 0.6 is 0 Å². The van der Waals surface area contributed by atoms with E-state index < -0.39 is 0 Å². The molecule has 2 heterocycles. The fraction of sp³-hybridized carbons (Fsp3) is 0.667. The van der Waals surface area contributed by atoms with Crippen molar-refractivity contribution in [3.8, 4) is 0 Å². The Balaban J connectivity index is 1.93. The number of carbonyl (C=O) groups is 1. The van der Waals surface area contributed by atoms with Crippen LogP contribution in [-0.2, 0) is 13.5 Å². The van der Waals surface area contributed by atoms with Gasteiger partial charge in [0.2, 0.25) is 0 Å². The molecule has 3 N–H and O–H groups in total. The molecule has 1 aromatic rings. The largest absolute Gasteiger partial charge is 0.379 e. The van der Waals surface area contributed by atoms with Crippen molar-refractivity contribution >= 4 is 11.7 Å². The van der Waals surface area contributed by atoms with Gasteiger partial charge in [-0.3, -0.25) is 4.68 Å². The minimum absolute atomic E-state index is 0.316. The lowest BCUT2D eigenvalue weighted by Crippen LogP contribution is -2.44. The van der Waals surface area contributed by atoms with Crippen molar-refractivity contribution in [3.63, 3.8) is 0 Å². The van der Waals surface area contributed by atoms with E-state index in [4.69, 9.17) is 5.73 Å². The molecule has 1 aromatic heterocycles. The van der Waals surface area contributed by atoms with Gasteiger partial charge < -0.3 is 16.0 Å². The normalized spacial score (nSPS) is 16.9. The first-order valence-electron chi connectivity index (χ1n) is 6.43. The van der Waals surface area contributed by atoms with Gasteiger partial charge >= 0.3 is 6.03 Å². The maximum Gasteiger partial charge on any atom is 0.314 e. The highest BCUT2D eigenvalue weighted by Gasteiger charge is 2.22. The first kappa shape index (κ1) is 12.7. The van der Waals surface area contributed by atoms with E-state index in [2.05, 4.69) is 17.3 Å². The summed E-state index contributed by atoms with van der Waals surface area (Å²) in [5.74, 6) is 0. The third kappa shape index (κ3) is 2.75. The molecular weight excluding hydrogens is 230 g/mol. The maximum absolute atomic E-state index is 11.0. The second-order valence-corrected chi connectivity index (χ2v) is 4.76. The van der Waals surface area contributed by atoms with Gasteiger partial charge in [0.05, 0.1) is 11.4 Å². The zero-order chi connectivity index (χ0) is 13.1. The van der Waals surface area contributed by atoms with Crippen molar-refractivity contribution in [3.05, 3.63) is 11.9 Å². The zero-order valence-electron chi connectivity index (χ0n) is 11.0. The van der Waals surface area contributed by atoms with Crippen molar-refractivity contribution in [2.45, 2.75) is 32.2 Å². The molecule has 0 bridgehead atoms. The molecule has 0 saturated carbocycles. The molecule has 0 aromatic carbocycles. The van der Waals surface area contributed by atoms with E-state index in [0.717, 1.165) is 43.7 Å². The third-order valence-electron chi connectivity index (χ3n) is 3.41. The number of rotatable bonds is 3. The fourth-order valence-electron chi connectivity index (χ4n) is 2.38. The number of aromatic nitrogens is 2. The lowest BCUT2D eigenvalue weighted by Gasteiger charge is -2.31. The number of primary amides is 1. The van der Waals surface area contributed by atoms with E-state index >= 15 is 0 Å². The molecule has 18 heavy (non-hydrogen) atoms. The van der Waals surface area contributed by atoms with Gasteiger partial charge in [-0.15, -0.1) is 0 Å². The molecule has 6 nitrogen and oxygen atoms in total. The Morgan fingerprint density at radius 3 is 2.78 bits per heavy atom. The molecule has 2 amide bonds. The Bertz CT molecular complexity index is 420. The summed E-state index contributed by atoms with van der Waals surface area (Å²) in [6.45, 7) is 3.56. The molecule has 1 saturated heterocycles. The lowest BCUT2D eigenvalue weighted by molar-refractivity contribution is 0.193. The molecule has 6 heteroatoms. The Labute approximate surface area is 107 Å². The van der Waals surface area contributed by atoms with Gasteiger partial charge in [-0.05, 0) is 19.3 Å². The summed E-state index contributed by atoms with van der Waals surface area (Å²) in [7, 11) is 1.93. The van der Waals surface area contributed by atoms with Crippen molar-refractivity contribution in [1.29, 1.82) is 0 Å². The molecule has 2 rings (SSSR count). The van der Waals surface area contributed by atoms with Crippen LogP contribution in [0.4, 0.5) is 10.5 Å². The third-order valence-corrected chi connectivity index (χ3v) is 3.41. The van der Waals surface area contributed by atoms with E-state index in [1.807, 2.05) is 17.9 Å². The van der Waals surface area contributed by atoms with Gasteiger partial charge in [0.1, 0.15) is 0 Å². The molecule has 0 radical (unpaired) electrons. The van der Waals surface area contributed by atoms with Gasteiger partial charge in [0, 0.05) is 32.4 Å². The molecule has 1 aliphatic rings. The molecule has 1 aliphatic heterocycles. The number of nitrogens with two attached hydrogens (primary N) is 1. The van der Waals surface area contributed by atoms with Gasteiger partial charge in [0.25, 0.3) is 0 Å². The predicted octanol–water partition coefficient (Wildman–Crippen LogP) is 0.938. The summed E-state index contributed by atoms with van der Waals surface area (Å²) >= 11 is 0. The van der Waals surface area contributed by atoms with E-state index in [1.165, 1.54) is 0 Å². The minimum Gasteiger partial charge on any atom is -0.379 e. The SMILES string of the molecule is CCc1nn(C)cc1NC1CCN(C(N)=O)CC1. The van der Waals surface area contributed by atoms with Crippen LogP contribution in [0.3, 0.4) is 0 Å². The second kappa shape index (κ2) is 5.29. The summed E-state index contributed by atoms with van der Waals surface area (Å²) in [6.07, 6.45) is 4.80. The topological polar surface area (TPSA) is 76.2 Å². The number of aryl methyl sites for hydroxylation is 2. The van der Waals surface area contributed by atoms with Crippen LogP contribution in [0, 0.1) is 0 Å². The number of amides is 2. The zero-order valence-corrected chi connectivity index (χ0v) is 11.0. The van der Waals surface area contributed by atoms with Crippen LogP contribution in [0.1, 0.15) is 25.5 Å². The van der Waals surface area contributed by atoms with Gasteiger partial charge in [0.15, 0.2) is 0 Å². The average Bonchev–Trinajstić information content (AvgIpc) is 2.70. The number of nitrogens with zero attached hydrogens (tertiary/aromatic N) is 3. The first-order valence-corrected chi connectivity index (χ1v) is 6.43. The summed E-state index contributed by atoms with van der Waals surface area (Å²) in [5, 5.41) is 7.93. The second-order valence-electron chi connectivity index (χ2n) is 4.76. The summed E-state index contributed by atoms with van der Waals surface area (Å²) in [6, 6.07) is 0.0826. The Morgan fingerprint density at radius 1 is 1.56 bits per heavy atom.